The molecule has 0 radical (unpaired) electrons. The highest BCUT2D eigenvalue weighted by Crippen LogP contribution is 2.26. The van der Waals surface area contributed by atoms with E-state index in [1.54, 1.807) is 12.1 Å². The highest BCUT2D eigenvalue weighted by Gasteiger charge is 2.32. The molecule has 2 atom stereocenters. The van der Waals surface area contributed by atoms with Gasteiger partial charge in [0, 0.05) is 19.0 Å². The Bertz CT molecular complexity index is 1320. The lowest BCUT2D eigenvalue weighted by Crippen LogP contribution is -2.38. The van der Waals surface area contributed by atoms with E-state index in [1.165, 1.54) is 12.1 Å². The number of nitrogens with zero attached hydrogens (tertiary/aromatic N) is 3. The predicted octanol–water partition coefficient (Wildman–Crippen LogP) is 4.11. The number of aromatic nitrogens is 2. The molecular weight excluding hydrogens is 407 g/mol. The first-order chi connectivity index (χ1) is 15.6. The first kappa shape index (κ1) is 19.9. The maximum Gasteiger partial charge on any atom is 0.265 e. The Balaban J connectivity index is 1.41. The summed E-state index contributed by atoms with van der Waals surface area (Å²) in [4.78, 5) is 23.3. The lowest BCUT2D eigenvalue weighted by atomic mass is 10.0. The van der Waals surface area contributed by atoms with Crippen LogP contribution in [-0.4, -0.2) is 27.3 Å². The molecule has 1 amide bonds. The van der Waals surface area contributed by atoms with Crippen LogP contribution >= 0.6 is 0 Å². The molecule has 2 heterocycles. The van der Waals surface area contributed by atoms with Gasteiger partial charge in [0.15, 0.2) is 0 Å². The molecule has 4 aromatic rings. The molecule has 0 saturated heterocycles. The molecular formula is C25H21FN4O2. The topological polar surface area (TPSA) is 68.5 Å². The third kappa shape index (κ3) is 3.73. The zero-order valence-electron chi connectivity index (χ0n) is 17.4. The summed E-state index contributed by atoms with van der Waals surface area (Å²) in [6.45, 7) is 0. The van der Waals surface area contributed by atoms with Gasteiger partial charge in [0.05, 0.1) is 16.7 Å². The molecule has 5 rings (SSSR count). The normalized spacial score (nSPS) is 16.4. The number of oxime groups is 1. The summed E-state index contributed by atoms with van der Waals surface area (Å²) >= 11 is 0. The fourth-order valence-corrected chi connectivity index (χ4v) is 3.96. The average molecular weight is 428 g/mol. The largest absolute Gasteiger partial charge is 0.382 e. The van der Waals surface area contributed by atoms with Gasteiger partial charge in [-0.25, -0.2) is 9.37 Å². The number of amides is 1. The van der Waals surface area contributed by atoms with Crippen molar-refractivity contribution in [2.75, 3.05) is 0 Å². The zero-order valence-corrected chi connectivity index (χ0v) is 17.4. The number of hydrogen-bond donors (Lipinski definition) is 1. The van der Waals surface area contributed by atoms with Crippen LogP contribution in [0.5, 0.6) is 0 Å². The predicted molar refractivity (Wildman–Crippen MR) is 120 cm³/mol. The van der Waals surface area contributed by atoms with Gasteiger partial charge < -0.3 is 14.7 Å². The minimum Gasteiger partial charge on any atom is -0.382 e. The molecule has 0 fully saturated rings. The molecule has 32 heavy (non-hydrogen) atoms. The van der Waals surface area contributed by atoms with Crippen molar-refractivity contribution < 1.29 is 14.0 Å². The Morgan fingerprint density at radius 1 is 1.09 bits per heavy atom. The van der Waals surface area contributed by atoms with Crippen LogP contribution in [0.4, 0.5) is 4.39 Å². The number of nitrogens with one attached hydrogen (secondary N) is 1. The number of para-hydroxylation sites is 2. The molecule has 0 bridgehead atoms. The van der Waals surface area contributed by atoms with Gasteiger partial charge in [0.2, 0.25) is 6.10 Å². The van der Waals surface area contributed by atoms with Crippen molar-refractivity contribution in [3.05, 3.63) is 102 Å². The number of halogens is 1. The Morgan fingerprint density at radius 3 is 2.66 bits per heavy atom. The minimum absolute atomic E-state index is 0.263. The first-order valence-corrected chi connectivity index (χ1v) is 10.4. The second-order valence-corrected chi connectivity index (χ2v) is 7.72. The summed E-state index contributed by atoms with van der Waals surface area (Å²) in [5, 5.41) is 7.11. The number of rotatable bonds is 5. The van der Waals surface area contributed by atoms with Crippen LogP contribution in [0, 0.1) is 5.82 Å². The number of benzene rings is 3. The molecule has 2 unspecified atom stereocenters. The van der Waals surface area contributed by atoms with E-state index in [0.29, 0.717) is 11.3 Å². The maximum absolute atomic E-state index is 13.6. The van der Waals surface area contributed by atoms with Gasteiger partial charge in [-0.05, 0) is 29.8 Å². The molecule has 0 saturated carbocycles. The standard InChI is InChI=1S/C25H21FN4O2/c1-30-21-13-6-5-12-19(21)27-24(30)23(16-8-3-2-4-9-16)28-25(31)22-15-20(29-32-22)17-10-7-11-18(26)14-17/h2-14,22-23H,15H2,1H3,(H,28,31). The number of imidazole rings is 1. The van der Waals surface area contributed by atoms with Crippen LogP contribution in [0.1, 0.15) is 29.4 Å². The highest BCUT2D eigenvalue weighted by atomic mass is 19.1. The number of hydrogen-bond acceptors (Lipinski definition) is 4. The van der Waals surface area contributed by atoms with Crippen molar-refractivity contribution in [1.82, 2.24) is 14.9 Å². The van der Waals surface area contributed by atoms with Crippen molar-refractivity contribution in [3.63, 3.8) is 0 Å². The monoisotopic (exact) mass is 428 g/mol. The summed E-state index contributed by atoms with van der Waals surface area (Å²) in [5.41, 5.74) is 3.89. The van der Waals surface area contributed by atoms with Crippen molar-refractivity contribution in [2.24, 2.45) is 12.2 Å². The molecule has 0 spiro atoms. The molecule has 1 N–H and O–H groups in total. The van der Waals surface area contributed by atoms with Gasteiger partial charge in [0.25, 0.3) is 5.91 Å². The average Bonchev–Trinajstić information content (AvgIpc) is 3.44. The van der Waals surface area contributed by atoms with Crippen LogP contribution in [-0.2, 0) is 16.7 Å². The maximum atomic E-state index is 13.6. The Kier molecular flexibility index (Phi) is 5.15. The van der Waals surface area contributed by atoms with Gasteiger partial charge in [-0.1, -0.05) is 59.8 Å². The summed E-state index contributed by atoms with van der Waals surface area (Å²) in [7, 11) is 1.93. The van der Waals surface area contributed by atoms with Gasteiger partial charge >= 0.3 is 0 Å². The smallest absolute Gasteiger partial charge is 0.265 e. The highest BCUT2D eigenvalue weighted by molar-refractivity contribution is 6.04. The molecule has 160 valence electrons. The molecule has 3 aromatic carbocycles. The van der Waals surface area contributed by atoms with Crippen molar-refractivity contribution in [3.8, 4) is 0 Å². The molecule has 0 aliphatic carbocycles. The fraction of sp³-hybridized carbons (Fsp3) is 0.160. The van der Waals surface area contributed by atoms with Crippen molar-refractivity contribution in [1.29, 1.82) is 0 Å². The van der Waals surface area contributed by atoms with Gasteiger partial charge in [-0.3, -0.25) is 4.79 Å². The third-order valence-corrected chi connectivity index (χ3v) is 5.62. The van der Waals surface area contributed by atoms with Crippen LogP contribution in [0.15, 0.2) is 84.0 Å². The van der Waals surface area contributed by atoms with E-state index in [-0.39, 0.29) is 18.1 Å². The number of fused-ring (bicyclic) bond motifs is 1. The lowest BCUT2D eigenvalue weighted by molar-refractivity contribution is -0.131. The van der Waals surface area contributed by atoms with Crippen LogP contribution in [0.2, 0.25) is 0 Å². The van der Waals surface area contributed by atoms with E-state index in [2.05, 4.69) is 10.5 Å². The number of aryl methyl sites for hydroxylation is 1. The van der Waals surface area contributed by atoms with Gasteiger partial charge in [0.1, 0.15) is 17.7 Å². The van der Waals surface area contributed by atoms with E-state index in [9.17, 15) is 9.18 Å². The second-order valence-electron chi connectivity index (χ2n) is 7.72. The quantitative estimate of drug-likeness (QED) is 0.520. The van der Waals surface area contributed by atoms with E-state index < -0.39 is 12.1 Å². The molecule has 1 aliphatic rings. The van der Waals surface area contributed by atoms with Gasteiger partial charge in [-0.15, -0.1) is 0 Å². The fourth-order valence-electron chi connectivity index (χ4n) is 3.96. The Labute approximate surface area is 184 Å². The van der Waals surface area contributed by atoms with Crippen molar-refractivity contribution >= 4 is 22.7 Å². The lowest BCUT2D eigenvalue weighted by Gasteiger charge is -2.20. The molecule has 6 nitrogen and oxygen atoms in total. The molecule has 7 heteroatoms. The van der Waals surface area contributed by atoms with E-state index in [1.807, 2.05) is 66.2 Å². The summed E-state index contributed by atoms with van der Waals surface area (Å²) in [6, 6.07) is 23.2. The SMILES string of the molecule is Cn1c(C(NC(=O)C2CC(c3cccc(F)c3)=NO2)c2ccccc2)nc2ccccc21. The number of carbonyl (C=O) groups is 1. The van der Waals surface area contributed by atoms with E-state index in [0.717, 1.165) is 22.4 Å². The Hall–Kier alpha value is -4.00. The van der Waals surface area contributed by atoms with Crippen molar-refractivity contribution in [2.45, 2.75) is 18.6 Å². The van der Waals surface area contributed by atoms with E-state index >= 15 is 0 Å². The number of carbonyl (C=O) groups excluding carboxylic acids is 1. The first-order valence-electron chi connectivity index (χ1n) is 10.4. The van der Waals surface area contributed by atoms with Crippen LogP contribution in [0.3, 0.4) is 0 Å². The Morgan fingerprint density at radius 2 is 1.88 bits per heavy atom. The minimum atomic E-state index is -0.797. The van der Waals surface area contributed by atoms with Gasteiger partial charge in [-0.2, -0.15) is 0 Å². The van der Waals surface area contributed by atoms with E-state index in [4.69, 9.17) is 9.82 Å². The summed E-state index contributed by atoms with van der Waals surface area (Å²) in [6.07, 6.45) is -0.534. The van der Waals surface area contributed by atoms with Crippen LogP contribution < -0.4 is 5.32 Å². The molecule has 1 aliphatic heterocycles. The van der Waals surface area contributed by atoms with Crippen LogP contribution in [0.25, 0.3) is 11.0 Å². The molecule has 1 aromatic heterocycles. The summed E-state index contributed by atoms with van der Waals surface area (Å²) < 4.78 is 15.5. The second kappa shape index (κ2) is 8.26. The third-order valence-electron chi connectivity index (χ3n) is 5.62. The zero-order chi connectivity index (χ0) is 22.1. The summed E-state index contributed by atoms with van der Waals surface area (Å²) in [5.74, 6) is 0.0557.